The van der Waals surface area contributed by atoms with Crippen LogP contribution in [0, 0.1) is 0 Å². The molecule has 0 aliphatic rings. The van der Waals surface area contributed by atoms with E-state index in [2.05, 4.69) is 20.6 Å². The first-order valence-electron chi connectivity index (χ1n) is 9.27. The molecule has 1 aromatic carbocycles. The highest BCUT2D eigenvalue weighted by molar-refractivity contribution is 6.01. The quantitative estimate of drug-likeness (QED) is 0.582. The normalized spacial score (nSPS) is 10.6. The smallest absolute Gasteiger partial charge is 0.322 e. The van der Waals surface area contributed by atoms with E-state index < -0.39 is 5.91 Å². The topological polar surface area (TPSA) is 114 Å². The summed E-state index contributed by atoms with van der Waals surface area (Å²) in [4.78, 5) is 12.2. The number of aromatic nitrogens is 4. The Bertz CT molecular complexity index is 954. The summed E-state index contributed by atoms with van der Waals surface area (Å²) < 4.78 is 24.2. The monoisotopic (exact) mass is 401 g/mol. The fraction of sp³-hybridized carbons (Fsp3) is 0.368. The zero-order chi connectivity index (χ0) is 20.8. The van der Waals surface area contributed by atoms with Gasteiger partial charge in [-0.25, -0.2) is 0 Å². The van der Waals surface area contributed by atoms with Gasteiger partial charge in [0.25, 0.3) is 5.91 Å². The zero-order valence-corrected chi connectivity index (χ0v) is 16.8. The summed E-state index contributed by atoms with van der Waals surface area (Å²) in [5, 5.41) is 14.4. The third-order valence-corrected chi connectivity index (χ3v) is 3.75. The summed E-state index contributed by atoms with van der Waals surface area (Å²) in [5.41, 5.74) is 0.816. The maximum atomic E-state index is 12.2. The molecule has 10 nitrogen and oxygen atoms in total. The van der Waals surface area contributed by atoms with Crippen LogP contribution in [0.2, 0.25) is 0 Å². The summed E-state index contributed by atoms with van der Waals surface area (Å²) in [6.45, 7) is 6.99. The van der Waals surface area contributed by atoms with E-state index in [1.807, 2.05) is 20.8 Å². The van der Waals surface area contributed by atoms with Crippen molar-refractivity contribution in [1.29, 1.82) is 0 Å². The SMILES string of the molecule is CCOc1cc(-c2nnc(NC(=O)c3ccn(C)n3)o2)cc(OCC)c1OCC. The Balaban J connectivity index is 1.89. The number of rotatable bonds is 9. The molecule has 0 radical (unpaired) electrons. The fourth-order valence-electron chi connectivity index (χ4n) is 2.60. The highest BCUT2D eigenvalue weighted by atomic mass is 16.5. The van der Waals surface area contributed by atoms with Crippen molar-refractivity contribution in [3.63, 3.8) is 0 Å². The molecular formula is C19H23N5O5. The van der Waals surface area contributed by atoms with Crippen LogP contribution in [-0.2, 0) is 7.05 Å². The third-order valence-electron chi connectivity index (χ3n) is 3.75. The van der Waals surface area contributed by atoms with Gasteiger partial charge in [0.1, 0.15) is 0 Å². The van der Waals surface area contributed by atoms with E-state index in [0.717, 1.165) is 0 Å². The van der Waals surface area contributed by atoms with Crippen molar-refractivity contribution in [3.05, 3.63) is 30.1 Å². The van der Waals surface area contributed by atoms with Crippen molar-refractivity contribution in [3.8, 4) is 28.7 Å². The largest absolute Gasteiger partial charge is 0.490 e. The van der Waals surface area contributed by atoms with Gasteiger partial charge in [-0.05, 0) is 39.0 Å². The van der Waals surface area contributed by atoms with E-state index in [4.69, 9.17) is 18.6 Å². The van der Waals surface area contributed by atoms with Crippen molar-refractivity contribution >= 4 is 11.9 Å². The standard InChI is InChI=1S/C19H23N5O5/c1-5-26-14-10-12(11-15(27-6-2)16(14)28-7-3)18-21-22-19(29-18)20-17(25)13-8-9-24(4)23-13/h8-11H,5-7H2,1-4H3,(H,20,22,25). The highest BCUT2D eigenvalue weighted by Crippen LogP contribution is 2.41. The lowest BCUT2D eigenvalue weighted by molar-refractivity contribution is 0.101. The van der Waals surface area contributed by atoms with Gasteiger partial charge in [0.15, 0.2) is 17.2 Å². The van der Waals surface area contributed by atoms with E-state index in [-0.39, 0.29) is 17.6 Å². The predicted octanol–water partition coefficient (Wildman–Crippen LogP) is 2.92. The summed E-state index contributed by atoms with van der Waals surface area (Å²) in [7, 11) is 1.72. The molecule has 154 valence electrons. The van der Waals surface area contributed by atoms with E-state index in [9.17, 15) is 4.79 Å². The van der Waals surface area contributed by atoms with E-state index in [1.54, 1.807) is 31.4 Å². The van der Waals surface area contributed by atoms with Gasteiger partial charge >= 0.3 is 6.01 Å². The number of carbonyl (C=O) groups is 1. The second kappa shape index (κ2) is 9.09. The highest BCUT2D eigenvalue weighted by Gasteiger charge is 2.20. The Labute approximate surface area is 167 Å². The first-order valence-corrected chi connectivity index (χ1v) is 9.27. The molecule has 0 aliphatic heterocycles. The molecule has 0 fully saturated rings. The minimum Gasteiger partial charge on any atom is -0.490 e. The number of benzene rings is 1. The van der Waals surface area contributed by atoms with Crippen molar-refractivity contribution in [2.45, 2.75) is 20.8 Å². The zero-order valence-electron chi connectivity index (χ0n) is 16.8. The molecule has 0 spiro atoms. The maximum absolute atomic E-state index is 12.2. The molecule has 0 saturated heterocycles. The van der Waals surface area contributed by atoms with Gasteiger partial charge in [-0.2, -0.15) is 5.10 Å². The molecule has 3 rings (SSSR count). The molecule has 29 heavy (non-hydrogen) atoms. The second-order valence-corrected chi connectivity index (χ2v) is 5.84. The average Bonchev–Trinajstić information content (AvgIpc) is 3.33. The van der Waals surface area contributed by atoms with Gasteiger partial charge in [0.2, 0.25) is 11.6 Å². The van der Waals surface area contributed by atoms with Crippen molar-refractivity contribution < 1.29 is 23.4 Å². The maximum Gasteiger partial charge on any atom is 0.322 e. The number of ether oxygens (including phenoxy) is 3. The predicted molar refractivity (Wildman–Crippen MR) is 104 cm³/mol. The van der Waals surface area contributed by atoms with Gasteiger partial charge in [-0.3, -0.25) is 14.8 Å². The van der Waals surface area contributed by atoms with E-state index >= 15 is 0 Å². The molecule has 0 bridgehead atoms. The summed E-state index contributed by atoms with van der Waals surface area (Å²) >= 11 is 0. The number of anilines is 1. The van der Waals surface area contributed by atoms with Crippen molar-refractivity contribution in [2.24, 2.45) is 7.05 Å². The first-order chi connectivity index (χ1) is 14.0. The average molecular weight is 401 g/mol. The van der Waals surface area contributed by atoms with Crippen LogP contribution in [0.5, 0.6) is 17.2 Å². The minimum absolute atomic E-state index is 0.0412. The van der Waals surface area contributed by atoms with Crippen molar-refractivity contribution in [1.82, 2.24) is 20.0 Å². The Morgan fingerprint density at radius 2 is 1.72 bits per heavy atom. The van der Waals surface area contributed by atoms with Crippen LogP contribution in [0.1, 0.15) is 31.3 Å². The molecule has 3 aromatic rings. The van der Waals surface area contributed by atoms with E-state index in [0.29, 0.717) is 42.6 Å². The summed E-state index contributed by atoms with van der Waals surface area (Å²) in [6, 6.07) is 5.01. The van der Waals surface area contributed by atoms with Gasteiger partial charge in [0.05, 0.1) is 19.8 Å². The van der Waals surface area contributed by atoms with Gasteiger partial charge in [-0.1, -0.05) is 5.10 Å². The Morgan fingerprint density at radius 1 is 1.07 bits per heavy atom. The molecular weight excluding hydrogens is 378 g/mol. The molecule has 1 amide bonds. The molecule has 2 heterocycles. The lowest BCUT2D eigenvalue weighted by Crippen LogP contribution is -2.13. The van der Waals surface area contributed by atoms with Crippen LogP contribution in [0.15, 0.2) is 28.8 Å². The summed E-state index contributed by atoms with van der Waals surface area (Å²) in [5.74, 6) is 1.28. The lowest BCUT2D eigenvalue weighted by atomic mass is 10.2. The Morgan fingerprint density at radius 3 is 2.28 bits per heavy atom. The second-order valence-electron chi connectivity index (χ2n) is 5.84. The van der Waals surface area contributed by atoms with Gasteiger partial charge in [-0.15, -0.1) is 5.10 Å². The van der Waals surface area contributed by atoms with Gasteiger partial charge < -0.3 is 18.6 Å². The third kappa shape index (κ3) is 4.65. The minimum atomic E-state index is -0.447. The van der Waals surface area contributed by atoms with Crippen LogP contribution in [0.4, 0.5) is 6.01 Å². The van der Waals surface area contributed by atoms with Crippen LogP contribution < -0.4 is 19.5 Å². The molecule has 2 aromatic heterocycles. The first kappa shape index (κ1) is 20.2. The fourth-order valence-corrected chi connectivity index (χ4v) is 2.60. The van der Waals surface area contributed by atoms with Crippen LogP contribution in [0.25, 0.3) is 11.5 Å². The number of nitrogens with one attached hydrogen (secondary N) is 1. The molecule has 1 N–H and O–H groups in total. The lowest BCUT2D eigenvalue weighted by Gasteiger charge is -2.16. The number of hydrogen-bond acceptors (Lipinski definition) is 8. The Kier molecular flexibility index (Phi) is 6.32. The number of carbonyl (C=O) groups excluding carboxylic acids is 1. The van der Waals surface area contributed by atoms with E-state index in [1.165, 1.54) is 4.68 Å². The molecule has 0 unspecified atom stereocenters. The molecule has 0 saturated carbocycles. The van der Waals surface area contributed by atoms with Crippen molar-refractivity contribution in [2.75, 3.05) is 25.1 Å². The summed E-state index contributed by atoms with van der Waals surface area (Å²) in [6.07, 6.45) is 1.67. The van der Waals surface area contributed by atoms with Crippen LogP contribution in [0.3, 0.4) is 0 Å². The van der Waals surface area contributed by atoms with Crippen LogP contribution in [-0.4, -0.2) is 45.7 Å². The van der Waals surface area contributed by atoms with Gasteiger partial charge in [0, 0.05) is 18.8 Å². The molecule has 10 heteroatoms. The number of nitrogens with zero attached hydrogens (tertiary/aromatic N) is 4. The van der Waals surface area contributed by atoms with Crippen LogP contribution >= 0.6 is 0 Å². The Hall–Kier alpha value is -3.56. The number of hydrogen-bond donors (Lipinski definition) is 1. The molecule has 0 atom stereocenters. The number of amides is 1. The number of aryl methyl sites for hydroxylation is 1. The molecule has 0 aliphatic carbocycles.